The molecule has 0 saturated carbocycles. The number of benzene rings is 1. The quantitative estimate of drug-likeness (QED) is 0.552. The maximum absolute atomic E-state index is 12.2. The van der Waals surface area contributed by atoms with Crippen LogP contribution in [-0.2, 0) is 16.0 Å². The molecule has 0 radical (unpaired) electrons. The largest absolute Gasteiger partial charge is 0.466 e. The number of thiazole rings is 1. The minimum atomic E-state index is -0.236. The molecule has 0 spiro atoms. The smallest absolute Gasteiger partial charge is 0.306 e. The van der Waals surface area contributed by atoms with Crippen molar-refractivity contribution in [3.63, 3.8) is 0 Å². The third-order valence-corrected chi connectivity index (χ3v) is 6.25. The highest BCUT2D eigenvalue weighted by Crippen LogP contribution is 2.35. The van der Waals surface area contributed by atoms with Crippen LogP contribution in [0, 0.1) is 0 Å². The minimum absolute atomic E-state index is 0.173. The molecule has 1 N–H and O–H groups in total. The SMILES string of the molecule is CCOC(=O)CCc1nnc(Sc2ncc(NC(=O)c3ccccc3)s2)s1. The number of esters is 1. The third kappa shape index (κ3) is 5.84. The molecule has 27 heavy (non-hydrogen) atoms. The number of hydrogen-bond acceptors (Lipinski definition) is 9. The van der Waals surface area contributed by atoms with Crippen LogP contribution in [0.2, 0.25) is 0 Å². The number of aryl methyl sites for hydroxylation is 1. The molecule has 0 aliphatic heterocycles. The Balaban J connectivity index is 1.53. The van der Waals surface area contributed by atoms with Crippen LogP contribution in [0.5, 0.6) is 0 Å². The summed E-state index contributed by atoms with van der Waals surface area (Å²) in [5.41, 5.74) is 0.593. The summed E-state index contributed by atoms with van der Waals surface area (Å²) < 4.78 is 6.40. The molecule has 0 aliphatic carbocycles. The van der Waals surface area contributed by atoms with E-state index in [4.69, 9.17) is 4.74 Å². The van der Waals surface area contributed by atoms with Crippen molar-refractivity contribution in [2.45, 2.75) is 28.4 Å². The number of rotatable bonds is 8. The first kappa shape index (κ1) is 19.5. The van der Waals surface area contributed by atoms with Gasteiger partial charge in [-0.25, -0.2) is 4.98 Å². The summed E-state index contributed by atoms with van der Waals surface area (Å²) in [7, 11) is 0. The number of nitrogens with zero attached hydrogens (tertiary/aromatic N) is 3. The van der Waals surface area contributed by atoms with Crippen molar-refractivity contribution in [1.29, 1.82) is 0 Å². The van der Waals surface area contributed by atoms with Crippen molar-refractivity contribution < 1.29 is 14.3 Å². The van der Waals surface area contributed by atoms with E-state index in [0.717, 1.165) is 13.7 Å². The average molecular weight is 421 g/mol. The maximum atomic E-state index is 12.2. The van der Waals surface area contributed by atoms with Crippen LogP contribution >= 0.6 is 34.4 Å². The number of ether oxygens (including phenoxy) is 1. The van der Waals surface area contributed by atoms with Gasteiger partial charge in [-0.3, -0.25) is 9.59 Å². The molecule has 0 aliphatic rings. The number of aromatic nitrogens is 3. The van der Waals surface area contributed by atoms with Crippen molar-refractivity contribution in [1.82, 2.24) is 15.2 Å². The molecule has 7 nitrogen and oxygen atoms in total. The van der Waals surface area contributed by atoms with E-state index in [1.807, 2.05) is 18.2 Å². The Hall–Kier alpha value is -2.30. The van der Waals surface area contributed by atoms with Crippen molar-refractivity contribution in [3.05, 3.63) is 47.1 Å². The molecule has 0 atom stereocenters. The van der Waals surface area contributed by atoms with Crippen LogP contribution in [0.25, 0.3) is 0 Å². The summed E-state index contributed by atoms with van der Waals surface area (Å²) in [6.45, 7) is 2.16. The summed E-state index contributed by atoms with van der Waals surface area (Å²) in [5.74, 6) is -0.409. The van der Waals surface area contributed by atoms with Gasteiger partial charge in [0.2, 0.25) is 0 Å². The third-order valence-electron chi connectivity index (χ3n) is 3.23. The second kappa shape index (κ2) is 9.58. The van der Waals surface area contributed by atoms with Crippen LogP contribution in [-0.4, -0.2) is 33.7 Å². The predicted octanol–water partition coefficient (Wildman–Crippen LogP) is 3.89. The molecule has 0 bridgehead atoms. The van der Waals surface area contributed by atoms with Crippen LogP contribution < -0.4 is 5.32 Å². The van der Waals surface area contributed by atoms with Gasteiger partial charge >= 0.3 is 5.97 Å². The Labute approximate surface area is 168 Å². The fraction of sp³-hybridized carbons (Fsp3) is 0.235. The van der Waals surface area contributed by atoms with Gasteiger partial charge in [-0.2, -0.15) is 0 Å². The summed E-state index contributed by atoms with van der Waals surface area (Å²) in [6.07, 6.45) is 2.42. The standard InChI is InChI=1S/C17H16N4O3S3/c1-2-24-14(22)9-8-12-20-21-17(25-12)27-16-18-10-13(26-16)19-15(23)11-6-4-3-5-7-11/h3-7,10H,2,8-9H2,1H3,(H,19,23). The number of nitrogens with one attached hydrogen (secondary N) is 1. The molecule has 3 aromatic rings. The zero-order chi connectivity index (χ0) is 19.1. The normalized spacial score (nSPS) is 10.6. The van der Waals surface area contributed by atoms with Gasteiger partial charge in [-0.15, -0.1) is 10.2 Å². The summed E-state index contributed by atoms with van der Waals surface area (Å²) in [6, 6.07) is 9.01. The molecular formula is C17H16N4O3S3. The van der Waals surface area contributed by atoms with Gasteiger partial charge in [0.15, 0.2) is 8.68 Å². The van der Waals surface area contributed by atoms with E-state index in [-0.39, 0.29) is 11.9 Å². The monoisotopic (exact) mass is 420 g/mol. The molecule has 1 aromatic carbocycles. The van der Waals surface area contributed by atoms with Gasteiger partial charge in [0.05, 0.1) is 19.2 Å². The van der Waals surface area contributed by atoms with Crippen LogP contribution in [0.15, 0.2) is 45.2 Å². The fourth-order valence-electron chi connectivity index (χ4n) is 2.03. The lowest BCUT2D eigenvalue weighted by Gasteiger charge is -2.00. The lowest BCUT2D eigenvalue weighted by molar-refractivity contribution is -0.143. The number of carbonyl (C=O) groups excluding carboxylic acids is 2. The molecule has 0 unspecified atom stereocenters. The molecule has 1 amide bonds. The minimum Gasteiger partial charge on any atom is -0.466 e. The highest BCUT2D eigenvalue weighted by atomic mass is 32.2. The predicted molar refractivity (Wildman–Crippen MR) is 105 cm³/mol. The Morgan fingerprint density at radius 2 is 1.96 bits per heavy atom. The van der Waals surface area contributed by atoms with Crippen molar-refractivity contribution in [2.75, 3.05) is 11.9 Å². The van der Waals surface area contributed by atoms with E-state index < -0.39 is 0 Å². The summed E-state index contributed by atoms with van der Waals surface area (Å²) in [5, 5.41) is 12.5. The van der Waals surface area contributed by atoms with E-state index in [1.54, 1.807) is 25.3 Å². The second-order valence-electron chi connectivity index (χ2n) is 5.18. The lowest BCUT2D eigenvalue weighted by atomic mass is 10.2. The Morgan fingerprint density at radius 3 is 2.74 bits per heavy atom. The van der Waals surface area contributed by atoms with E-state index in [2.05, 4.69) is 20.5 Å². The number of hydrogen-bond donors (Lipinski definition) is 1. The van der Waals surface area contributed by atoms with Crippen LogP contribution in [0.1, 0.15) is 28.7 Å². The molecule has 10 heteroatoms. The zero-order valence-electron chi connectivity index (χ0n) is 14.4. The fourth-order valence-corrected chi connectivity index (χ4v) is 5.01. The lowest BCUT2D eigenvalue weighted by Crippen LogP contribution is -2.10. The van der Waals surface area contributed by atoms with Crippen molar-refractivity contribution in [3.8, 4) is 0 Å². The first-order chi connectivity index (χ1) is 13.1. The molecule has 0 fully saturated rings. The zero-order valence-corrected chi connectivity index (χ0v) is 16.8. The van der Waals surface area contributed by atoms with E-state index >= 15 is 0 Å². The Bertz CT molecular complexity index is 911. The topological polar surface area (TPSA) is 94.1 Å². The highest BCUT2D eigenvalue weighted by Gasteiger charge is 2.13. The van der Waals surface area contributed by atoms with Crippen molar-refractivity contribution >= 4 is 51.3 Å². The van der Waals surface area contributed by atoms with Crippen LogP contribution in [0.3, 0.4) is 0 Å². The number of anilines is 1. The maximum Gasteiger partial charge on any atom is 0.306 e. The number of amides is 1. The van der Waals surface area contributed by atoms with Gasteiger partial charge in [-0.05, 0) is 30.8 Å². The molecule has 0 saturated heterocycles. The van der Waals surface area contributed by atoms with E-state index in [0.29, 0.717) is 30.0 Å². The van der Waals surface area contributed by atoms with Crippen LogP contribution in [0.4, 0.5) is 5.00 Å². The van der Waals surface area contributed by atoms with Gasteiger partial charge < -0.3 is 10.1 Å². The van der Waals surface area contributed by atoms with Gasteiger partial charge in [0.1, 0.15) is 10.0 Å². The average Bonchev–Trinajstić information content (AvgIpc) is 3.31. The molecule has 2 heterocycles. The van der Waals surface area contributed by atoms with Crippen molar-refractivity contribution in [2.24, 2.45) is 0 Å². The Kier molecular flexibility index (Phi) is 6.91. The highest BCUT2D eigenvalue weighted by molar-refractivity contribution is 8.02. The summed E-state index contributed by atoms with van der Waals surface area (Å²) in [4.78, 5) is 27.9. The first-order valence-electron chi connectivity index (χ1n) is 8.12. The molecule has 2 aromatic heterocycles. The second-order valence-corrected chi connectivity index (χ2v) is 8.77. The molecular weight excluding hydrogens is 404 g/mol. The number of carbonyl (C=O) groups is 2. The Morgan fingerprint density at radius 1 is 1.15 bits per heavy atom. The van der Waals surface area contributed by atoms with Gasteiger partial charge in [0, 0.05) is 12.0 Å². The van der Waals surface area contributed by atoms with Gasteiger partial charge in [-0.1, -0.05) is 40.9 Å². The first-order valence-corrected chi connectivity index (χ1v) is 10.6. The molecule has 140 valence electrons. The summed E-state index contributed by atoms with van der Waals surface area (Å²) >= 11 is 4.17. The van der Waals surface area contributed by atoms with E-state index in [9.17, 15) is 9.59 Å². The molecule has 3 rings (SSSR count). The van der Waals surface area contributed by atoms with Gasteiger partial charge in [0.25, 0.3) is 5.91 Å². The van der Waals surface area contributed by atoms with E-state index in [1.165, 1.54) is 34.4 Å².